The predicted molar refractivity (Wildman–Crippen MR) is 100 cm³/mol. The van der Waals surface area contributed by atoms with Gasteiger partial charge < -0.3 is 4.74 Å². The molecule has 1 aromatic heterocycles. The highest BCUT2D eigenvalue weighted by Gasteiger charge is 2.07. The van der Waals surface area contributed by atoms with Gasteiger partial charge >= 0.3 is 0 Å². The van der Waals surface area contributed by atoms with Crippen LogP contribution in [0.5, 0.6) is 5.75 Å². The summed E-state index contributed by atoms with van der Waals surface area (Å²) in [6.45, 7) is 2.72. The Hall–Kier alpha value is -2.26. The molecule has 0 saturated carbocycles. The molecule has 3 aromatic rings. The Morgan fingerprint density at radius 1 is 0.917 bits per heavy atom. The first kappa shape index (κ1) is 16.6. The van der Waals surface area contributed by atoms with Gasteiger partial charge in [0.1, 0.15) is 12.4 Å². The molecule has 0 unspecified atom stereocenters. The first-order chi connectivity index (χ1) is 11.8. The summed E-state index contributed by atoms with van der Waals surface area (Å²) < 4.78 is 6.05. The maximum absolute atomic E-state index is 6.05. The van der Waals surface area contributed by atoms with Crippen LogP contribution in [0.3, 0.4) is 0 Å². The summed E-state index contributed by atoms with van der Waals surface area (Å²) in [6.07, 6.45) is 4.65. The minimum absolute atomic E-state index is 0.540. The zero-order chi connectivity index (χ0) is 16.6. The van der Waals surface area contributed by atoms with Crippen molar-refractivity contribution in [2.75, 3.05) is 0 Å². The fourth-order valence-electron chi connectivity index (χ4n) is 2.38. The number of nitrogens with zero attached hydrogens (tertiary/aromatic N) is 1. The molecule has 1 heterocycles. The molecule has 0 N–H and O–H groups in total. The van der Waals surface area contributed by atoms with Crippen LogP contribution < -0.4 is 4.74 Å². The molecule has 0 radical (unpaired) electrons. The lowest BCUT2D eigenvalue weighted by atomic mass is 10.2. The normalized spacial score (nSPS) is 10.5. The Balaban J connectivity index is 1.72. The van der Waals surface area contributed by atoms with Crippen LogP contribution in [0, 0.1) is 0 Å². The topological polar surface area (TPSA) is 22.1 Å². The minimum Gasteiger partial charge on any atom is -0.488 e. The molecule has 0 saturated heterocycles. The first-order valence-corrected chi connectivity index (χ1v) is 9.15. The van der Waals surface area contributed by atoms with Crippen LogP contribution in [0.1, 0.15) is 23.6 Å². The van der Waals surface area contributed by atoms with Gasteiger partial charge in [0.2, 0.25) is 0 Å². The number of rotatable bonds is 7. The van der Waals surface area contributed by atoms with Crippen molar-refractivity contribution >= 4 is 11.8 Å². The Morgan fingerprint density at radius 3 is 2.50 bits per heavy atom. The van der Waals surface area contributed by atoms with E-state index in [1.165, 1.54) is 16.0 Å². The molecule has 0 aliphatic rings. The second-order valence-corrected chi connectivity index (χ2v) is 6.58. The molecule has 0 aliphatic carbocycles. The van der Waals surface area contributed by atoms with E-state index in [1.807, 2.05) is 36.2 Å². The van der Waals surface area contributed by atoms with E-state index < -0.39 is 0 Å². The zero-order valence-corrected chi connectivity index (χ0v) is 14.6. The average molecular weight is 335 g/mol. The number of ether oxygens (including phenoxy) is 1. The number of benzene rings is 2. The Morgan fingerprint density at radius 2 is 1.75 bits per heavy atom. The largest absolute Gasteiger partial charge is 0.488 e. The Bertz CT molecular complexity index is 759. The molecule has 3 heteroatoms. The van der Waals surface area contributed by atoms with Crippen molar-refractivity contribution < 1.29 is 4.74 Å². The Kier molecular flexibility index (Phi) is 5.91. The van der Waals surface area contributed by atoms with Crippen molar-refractivity contribution in [1.82, 2.24) is 4.98 Å². The van der Waals surface area contributed by atoms with Gasteiger partial charge in [-0.3, -0.25) is 4.98 Å². The quantitative estimate of drug-likeness (QED) is 0.531. The molecule has 2 aromatic carbocycles. The maximum Gasteiger partial charge on any atom is 0.133 e. The molecule has 3 rings (SSSR count). The Labute approximate surface area is 147 Å². The van der Waals surface area contributed by atoms with Crippen molar-refractivity contribution in [2.24, 2.45) is 0 Å². The number of aromatic nitrogens is 1. The van der Waals surface area contributed by atoms with Gasteiger partial charge in [0.25, 0.3) is 0 Å². The van der Waals surface area contributed by atoms with Gasteiger partial charge in [-0.1, -0.05) is 49.4 Å². The van der Waals surface area contributed by atoms with Crippen molar-refractivity contribution in [2.45, 2.75) is 30.6 Å². The summed E-state index contributed by atoms with van der Waals surface area (Å²) >= 11 is 1.82. The number of pyridine rings is 1. The van der Waals surface area contributed by atoms with Crippen LogP contribution in [0.25, 0.3) is 0 Å². The van der Waals surface area contributed by atoms with E-state index in [0.717, 1.165) is 23.5 Å². The average Bonchev–Trinajstić information content (AvgIpc) is 2.66. The number of thioether (sulfide) groups is 1. The summed E-state index contributed by atoms with van der Waals surface area (Å²) in [4.78, 5) is 5.33. The SMILES string of the molecule is CCc1ccc(OCc2cccnc2)c(SCc2ccccc2)c1. The van der Waals surface area contributed by atoms with E-state index in [9.17, 15) is 0 Å². The summed E-state index contributed by atoms with van der Waals surface area (Å²) in [7, 11) is 0. The van der Waals surface area contributed by atoms with Gasteiger partial charge in [-0.2, -0.15) is 0 Å². The van der Waals surface area contributed by atoms with E-state index in [1.54, 1.807) is 6.20 Å². The van der Waals surface area contributed by atoms with Crippen molar-refractivity contribution in [1.29, 1.82) is 0 Å². The van der Waals surface area contributed by atoms with Crippen molar-refractivity contribution in [3.8, 4) is 5.75 Å². The summed E-state index contributed by atoms with van der Waals surface area (Å²) in [5, 5.41) is 0. The van der Waals surface area contributed by atoms with Crippen LogP contribution in [0.2, 0.25) is 0 Å². The van der Waals surface area contributed by atoms with E-state index in [4.69, 9.17) is 4.74 Å². The molecular weight excluding hydrogens is 314 g/mol. The van der Waals surface area contributed by atoms with E-state index in [2.05, 4.69) is 54.4 Å². The van der Waals surface area contributed by atoms with Crippen LogP contribution in [-0.2, 0) is 18.8 Å². The van der Waals surface area contributed by atoms with Gasteiger partial charge in [0.15, 0.2) is 0 Å². The molecule has 0 spiro atoms. The lowest BCUT2D eigenvalue weighted by molar-refractivity contribution is 0.298. The van der Waals surface area contributed by atoms with Crippen molar-refractivity contribution in [3.05, 3.63) is 89.7 Å². The molecule has 0 bridgehead atoms. The standard InChI is InChI=1S/C21H21NOS/c1-2-17-10-11-20(23-15-19-9-6-12-22-14-19)21(13-17)24-16-18-7-4-3-5-8-18/h3-14H,2,15-16H2,1H3. The minimum atomic E-state index is 0.540. The summed E-state index contributed by atoms with van der Waals surface area (Å²) in [6, 6.07) is 21.0. The molecule has 0 aliphatic heterocycles. The van der Waals surface area contributed by atoms with Gasteiger partial charge in [-0.15, -0.1) is 11.8 Å². The van der Waals surface area contributed by atoms with Crippen LogP contribution >= 0.6 is 11.8 Å². The van der Waals surface area contributed by atoms with Crippen LogP contribution in [0.4, 0.5) is 0 Å². The van der Waals surface area contributed by atoms with Crippen molar-refractivity contribution in [3.63, 3.8) is 0 Å². The second-order valence-electron chi connectivity index (χ2n) is 5.56. The molecule has 0 amide bonds. The molecule has 2 nitrogen and oxygen atoms in total. The fourth-order valence-corrected chi connectivity index (χ4v) is 3.40. The van der Waals surface area contributed by atoms with Gasteiger partial charge in [0, 0.05) is 28.6 Å². The summed E-state index contributed by atoms with van der Waals surface area (Å²) in [5.74, 6) is 1.88. The molecule has 24 heavy (non-hydrogen) atoms. The summed E-state index contributed by atoms with van der Waals surface area (Å²) in [5.41, 5.74) is 3.73. The predicted octanol–water partition coefficient (Wildman–Crippen LogP) is 5.52. The molecule has 0 fully saturated rings. The molecule has 122 valence electrons. The zero-order valence-electron chi connectivity index (χ0n) is 13.8. The third kappa shape index (κ3) is 4.62. The van der Waals surface area contributed by atoms with E-state index in [-0.39, 0.29) is 0 Å². The smallest absolute Gasteiger partial charge is 0.133 e. The van der Waals surface area contributed by atoms with E-state index >= 15 is 0 Å². The number of hydrogen-bond donors (Lipinski definition) is 0. The molecule has 0 atom stereocenters. The van der Waals surface area contributed by atoms with Gasteiger partial charge in [-0.05, 0) is 35.7 Å². The van der Waals surface area contributed by atoms with Crippen LogP contribution in [0.15, 0.2) is 78.0 Å². The highest BCUT2D eigenvalue weighted by molar-refractivity contribution is 7.98. The third-order valence-corrected chi connectivity index (χ3v) is 4.88. The third-order valence-electron chi connectivity index (χ3n) is 3.77. The number of aryl methyl sites for hydroxylation is 1. The highest BCUT2D eigenvalue weighted by atomic mass is 32.2. The maximum atomic E-state index is 6.05. The van der Waals surface area contributed by atoms with Crippen LogP contribution in [-0.4, -0.2) is 4.98 Å². The second kappa shape index (κ2) is 8.55. The fraction of sp³-hybridized carbons (Fsp3) is 0.190. The van der Waals surface area contributed by atoms with E-state index in [0.29, 0.717) is 6.61 Å². The lowest BCUT2D eigenvalue weighted by Gasteiger charge is -2.13. The number of hydrogen-bond acceptors (Lipinski definition) is 3. The first-order valence-electron chi connectivity index (χ1n) is 8.16. The van der Waals surface area contributed by atoms with Gasteiger partial charge in [-0.25, -0.2) is 0 Å². The lowest BCUT2D eigenvalue weighted by Crippen LogP contribution is -1.98. The van der Waals surface area contributed by atoms with Gasteiger partial charge in [0.05, 0.1) is 0 Å². The molecular formula is C21H21NOS. The highest BCUT2D eigenvalue weighted by Crippen LogP contribution is 2.33. The monoisotopic (exact) mass is 335 g/mol.